The average molecular weight is 430 g/mol. The first-order chi connectivity index (χ1) is 14.1. The lowest BCUT2D eigenvalue weighted by atomic mass is 10.1. The molecular weight excluding hydrogens is 408 g/mol. The average Bonchev–Trinajstić information content (AvgIpc) is 2.69. The second-order valence-electron chi connectivity index (χ2n) is 6.96. The lowest BCUT2D eigenvalue weighted by Crippen LogP contribution is -2.35. The smallest absolute Gasteiger partial charge is 0.339 e. The number of fused-ring (bicyclic) bond motifs is 1. The van der Waals surface area contributed by atoms with Crippen molar-refractivity contribution in [1.29, 1.82) is 0 Å². The lowest BCUT2D eigenvalue weighted by Gasteiger charge is -2.15. The molecule has 3 rings (SSSR count). The predicted molar refractivity (Wildman–Crippen MR) is 112 cm³/mol. The molecule has 0 saturated heterocycles. The van der Waals surface area contributed by atoms with Crippen molar-refractivity contribution in [2.45, 2.75) is 38.3 Å². The number of sulfonamides is 1. The molecule has 0 unspecified atom stereocenters. The number of ether oxygens (including phenoxy) is 1. The fourth-order valence-corrected chi connectivity index (χ4v) is 3.40. The minimum absolute atomic E-state index is 0.00247. The van der Waals surface area contributed by atoms with Crippen LogP contribution in [0.15, 0.2) is 56.6 Å². The number of benzene rings is 2. The number of carbonyl (C=O) groups excluding carboxylic acids is 1. The fraction of sp³-hybridized carbons (Fsp3) is 0.238. The van der Waals surface area contributed by atoms with E-state index in [-0.39, 0.29) is 17.3 Å². The highest BCUT2D eigenvalue weighted by molar-refractivity contribution is 7.89. The molecule has 0 radical (unpaired) electrons. The van der Waals surface area contributed by atoms with Crippen molar-refractivity contribution in [3.05, 3.63) is 69.6 Å². The molecule has 30 heavy (non-hydrogen) atoms. The van der Waals surface area contributed by atoms with Gasteiger partial charge in [-0.25, -0.2) is 18.4 Å². The van der Waals surface area contributed by atoms with Gasteiger partial charge < -0.3 is 14.5 Å². The Hall–Kier alpha value is -3.17. The summed E-state index contributed by atoms with van der Waals surface area (Å²) in [5.41, 5.74) is 2.09. The third-order valence-electron chi connectivity index (χ3n) is 4.83. The van der Waals surface area contributed by atoms with E-state index in [1.165, 1.54) is 12.1 Å². The highest BCUT2D eigenvalue weighted by atomic mass is 32.2. The van der Waals surface area contributed by atoms with Crippen molar-refractivity contribution in [3.63, 3.8) is 0 Å². The zero-order valence-corrected chi connectivity index (χ0v) is 17.6. The molecule has 3 aromatic rings. The minimum Gasteiger partial charge on any atom is -0.481 e. The van der Waals surface area contributed by atoms with Crippen LogP contribution >= 0.6 is 0 Å². The van der Waals surface area contributed by atoms with Crippen molar-refractivity contribution < 1.29 is 22.4 Å². The van der Waals surface area contributed by atoms with Crippen LogP contribution in [0, 0.1) is 13.8 Å². The summed E-state index contributed by atoms with van der Waals surface area (Å²) < 4.78 is 33.5. The molecule has 0 spiro atoms. The molecule has 158 valence electrons. The van der Waals surface area contributed by atoms with Gasteiger partial charge in [-0.3, -0.25) is 4.79 Å². The van der Waals surface area contributed by atoms with Crippen molar-refractivity contribution in [1.82, 2.24) is 5.32 Å². The molecule has 3 N–H and O–H groups in total. The van der Waals surface area contributed by atoms with E-state index in [0.717, 1.165) is 10.9 Å². The summed E-state index contributed by atoms with van der Waals surface area (Å²) in [4.78, 5) is 24.2. The molecule has 0 aliphatic rings. The van der Waals surface area contributed by atoms with Crippen LogP contribution in [0.3, 0.4) is 0 Å². The van der Waals surface area contributed by atoms with Gasteiger partial charge in [-0.1, -0.05) is 12.1 Å². The molecule has 0 aliphatic carbocycles. The summed E-state index contributed by atoms with van der Waals surface area (Å²) in [5, 5.41) is 8.59. The molecule has 1 amide bonds. The number of nitrogens with two attached hydrogens (primary N) is 1. The molecular formula is C21H22N2O6S. The van der Waals surface area contributed by atoms with Gasteiger partial charge in [0.05, 0.1) is 4.90 Å². The molecule has 1 aromatic heterocycles. The van der Waals surface area contributed by atoms with E-state index in [1.54, 1.807) is 44.2 Å². The molecule has 2 aromatic carbocycles. The molecule has 1 heterocycles. The fourth-order valence-electron chi connectivity index (χ4n) is 2.89. The summed E-state index contributed by atoms with van der Waals surface area (Å²) in [7, 11) is -3.76. The Kier molecular flexibility index (Phi) is 5.95. The zero-order valence-electron chi connectivity index (χ0n) is 16.8. The Bertz CT molecular complexity index is 1260. The Morgan fingerprint density at radius 1 is 1.13 bits per heavy atom. The molecule has 0 bridgehead atoms. The van der Waals surface area contributed by atoms with Crippen molar-refractivity contribution in [3.8, 4) is 5.75 Å². The molecule has 0 saturated carbocycles. The molecule has 8 nitrogen and oxygen atoms in total. The highest BCUT2D eigenvalue weighted by Gasteiger charge is 2.16. The van der Waals surface area contributed by atoms with E-state index in [2.05, 4.69) is 5.32 Å². The third kappa shape index (κ3) is 4.69. The van der Waals surface area contributed by atoms with Gasteiger partial charge >= 0.3 is 5.63 Å². The maximum absolute atomic E-state index is 12.3. The monoisotopic (exact) mass is 430 g/mol. The van der Waals surface area contributed by atoms with Gasteiger partial charge in [-0.05, 0) is 56.2 Å². The van der Waals surface area contributed by atoms with Crippen LogP contribution in [0.1, 0.15) is 23.6 Å². The second kappa shape index (κ2) is 8.29. The number of nitrogens with one attached hydrogen (secondary N) is 1. The maximum Gasteiger partial charge on any atom is 0.339 e. The first kappa shape index (κ1) is 21.5. The van der Waals surface area contributed by atoms with E-state index >= 15 is 0 Å². The molecule has 0 fully saturated rings. The summed E-state index contributed by atoms with van der Waals surface area (Å²) in [5.74, 6) is 0.0428. The standard InChI is InChI=1S/C21H22N2O6S/c1-12-13(2)21(25)29-19-10-16(6-9-18(12)19)28-14(3)20(24)23-11-15-4-7-17(8-5-15)30(22,26)27/h4-10,14H,11H2,1-3H3,(H,23,24)(H2,22,26,27)/t14-/m1/s1. The van der Waals surface area contributed by atoms with Gasteiger partial charge in [0.1, 0.15) is 11.3 Å². The van der Waals surface area contributed by atoms with E-state index in [9.17, 15) is 18.0 Å². The van der Waals surface area contributed by atoms with E-state index in [4.69, 9.17) is 14.3 Å². The van der Waals surface area contributed by atoms with Gasteiger partial charge in [0.15, 0.2) is 6.10 Å². The van der Waals surface area contributed by atoms with E-state index in [0.29, 0.717) is 22.5 Å². The van der Waals surface area contributed by atoms with E-state index < -0.39 is 21.8 Å². The number of aryl methyl sites for hydroxylation is 1. The van der Waals surface area contributed by atoms with E-state index in [1.807, 2.05) is 6.92 Å². The normalized spacial score (nSPS) is 12.5. The lowest BCUT2D eigenvalue weighted by molar-refractivity contribution is -0.127. The zero-order chi connectivity index (χ0) is 22.1. The van der Waals surface area contributed by atoms with Crippen molar-refractivity contribution in [2.75, 3.05) is 0 Å². The minimum atomic E-state index is -3.76. The molecule has 0 aliphatic heterocycles. The van der Waals surface area contributed by atoms with Crippen LogP contribution in [0.5, 0.6) is 5.75 Å². The molecule has 9 heteroatoms. The van der Waals surface area contributed by atoms with Crippen LogP contribution < -0.4 is 20.8 Å². The predicted octanol–water partition coefficient (Wildman–Crippen LogP) is 2.14. The van der Waals surface area contributed by atoms with Crippen LogP contribution in [-0.2, 0) is 21.4 Å². The summed E-state index contributed by atoms with van der Waals surface area (Å²) in [6.07, 6.45) is -0.801. The van der Waals surface area contributed by atoms with Crippen LogP contribution in [0.2, 0.25) is 0 Å². The van der Waals surface area contributed by atoms with Crippen LogP contribution in [-0.4, -0.2) is 20.4 Å². The number of hydrogen-bond donors (Lipinski definition) is 2. The first-order valence-corrected chi connectivity index (χ1v) is 10.7. The number of carbonyl (C=O) groups is 1. The number of rotatable bonds is 6. The summed E-state index contributed by atoms with van der Waals surface area (Å²) in [6.45, 7) is 5.35. The SMILES string of the molecule is Cc1c(C)c2ccc(O[C@H](C)C(=O)NCc3ccc(S(N)(=O)=O)cc3)cc2oc1=O. The Morgan fingerprint density at radius 2 is 1.80 bits per heavy atom. The topological polar surface area (TPSA) is 129 Å². The Labute approximate surface area is 173 Å². The van der Waals surface area contributed by atoms with Gasteiger partial charge in [-0.15, -0.1) is 0 Å². The Balaban J connectivity index is 1.65. The van der Waals surface area contributed by atoms with Crippen LogP contribution in [0.4, 0.5) is 0 Å². The van der Waals surface area contributed by atoms with Gasteiger partial charge in [0.2, 0.25) is 10.0 Å². The van der Waals surface area contributed by atoms with Gasteiger partial charge in [-0.2, -0.15) is 0 Å². The second-order valence-corrected chi connectivity index (χ2v) is 8.53. The van der Waals surface area contributed by atoms with Crippen molar-refractivity contribution in [2.24, 2.45) is 5.14 Å². The molecule has 1 atom stereocenters. The number of amides is 1. The first-order valence-electron chi connectivity index (χ1n) is 9.16. The number of primary sulfonamides is 1. The van der Waals surface area contributed by atoms with Crippen molar-refractivity contribution >= 4 is 26.9 Å². The van der Waals surface area contributed by atoms with Crippen LogP contribution in [0.25, 0.3) is 11.0 Å². The Morgan fingerprint density at radius 3 is 2.43 bits per heavy atom. The van der Waals surface area contributed by atoms with Gasteiger partial charge in [0, 0.05) is 23.6 Å². The quantitative estimate of drug-likeness (QED) is 0.577. The summed E-state index contributed by atoms with van der Waals surface area (Å²) in [6, 6.07) is 11.0. The maximum atomic E-state index is 12.3. The number of hydrogen-bond acceptors (Lipinski definition) is 6. The third-order valence-corrected chi connectivity index (χ3v) is 5.76. The highest BCUT2D eigenvalue weighted by Crippen LogP contribution is 2.24. The largest absolute Gasteiger partial charge is 0.481 e. The summed E-state index contributed by atoms with van der Waals surface area (Å²) >= 11 is 0. The van der Waals surface area contributed by atoms with Gasteiger partial charge in [0.25, 0.3) is 5.91 Å².